The van der Waals surface area contributed by atoms with Crippen LogP contribution in [0, 0.1) is 0 Å². The summed E-state index contributed by atoms with van der Waals surface area (Å²) in [7, 11) is 2.59. The minimum Gasteiger partial charge on any atom is -0.503 e. The van der Waals surface area contributed by atoms with Crippen LogP contribution < -0.4 is 14.2 Å². The summed E-state index contributed by atoms with van der Waals surface area (Å²) in [4.78, 5) is 50.0. The predicted octanol–water partition coefficient (Wildman–Crippen LogP) is 4.51. The molecule has 1 spiro atoms. The number of phenolic OH excluding ortho intramolecular Hbond substituents is 2. The molecule has 12 nitrogen and oxygen atoms in total. The van der Waals surface area contributed by atoms with Crippen LogP contribution in [0.3, 0.4) is 0 Å². The first kappa shape index (κ1) is 26.5. The summed E-state index contributed by atoms with van der Waals surface area (Å²) in [6.45, 7) is 0. The Morgan fingerprint density at radius 2 is 1.51 bits per heavy atom. The summed E-state index contributed by atoms with van der Waals surface area (Å²) >= 11 is 12.9. The number of fused-ring (bicyclic) bond motifs is 6. The molecule has 14 heteroatoms. The number of aromatic hydroxyl groups is 2. The Bertz CT molecular complexity index is 1690. The van der Waals surface area contributed by atoms with E-state index in [1.165, 1.54) is 44.6 Å². The number of hydrogen-bond donors (Lipinski definition) is 3. The number of rotatable bonds is 3. The van der Waals surface area contributed by atoms with E-state index in [0.717, 1.165) is 0 Å². The van der Waals surface area contributed by atoms with Crippen LogP contribution in [0.25, 0.3) is 0 Å². The smallest absolute Gasteiger partial charge is 0.421 e. The number of carbonyl (C=O) groups excluding carboxylic acids is 3. The molecule has 1 fully saturated rings. The van der Waals surface area contributed by atoms with Gasteiger partial charge in [-0.1, -0.05) is 35.3 Å². The average molecular weight is 602 g/mol. The van der Waals surface area contributed by atoms with Crippen molar-refractivity contribution in [3.8, 4) is 34.5 Å². The van der Waals surface area contributed by atoms with Crippen molar-refractivity contribution in [1.82, 2.24) is 4.90 Å². The number of phenols is 2. The van der Waals surface area contributed by atoms with Gasteiger partial charge in [0.2, 0.25) is 11.8 Å². The second-order valence-electron chi connectivity index (χ2n) is 9.32. The molecule has 3 amide bonds. The number of carbonyl (C=O) groups is 4. The van der Waals surface area contributed by atoms with Crippen molar-refractivity contribution in [2.45, 2.75) is 17.9 Å². The Balaban J connectivity index is 1.63. The zero-order valence-electron chi connectivity index (χ0n) is 21.0. The fraction of sp³-hybridized carbons (Fsp3) is 0.185. The number of likely N-dealkylation sites (tertiary alicyclic amines) is 1. The highest BCUT2D eigenvalue weighted by Gasteiger charge is 2.56. The van der Waals surface area contributed by atoms with Crippen LogP contribution in [-0.2, 0) is 19.9 Å². The van der Waals surface area contributed by atoms with E-state index in [1.54, 1.807) is 0 Å². The Morgan fingerprint density at radius 3 is 2.00 bits per heavy atom. The highest BCUT2D eigenvalue weighted by molar-refractivity contribution is 6.35. The van der Waals surface area contributed by atoms with Crippen LogP contribution in [0.15, 0.2) is 30.3 Å². The molecule has 3 heterocycles. The molecule has 210 valence electrons. The number of hydrogen-bond acceptors (Lipinski definition) is 10. The van der Waals surface area contributed by atoms with Crippen molar-refractivity contribution in [1.29, 1.82) is 0 Å². The van der Waals surface area contributed by atoms with E-state index in [1.807, 2.05) is 0 Å². The van der Waals surface area contributed by atoms with Crippen molar-refractivity contribution in [2.75, 3.05) is 14.2 Å². The fourth-order valence-electron chi connectivity index (χ4n) is 5.48. The highest BCUT2D eigenvalue weighted by Crippen LogP contribution is 2.63. The summed E-state index contributed by atoms with van der Waals surface area (Å²) in [6.07, 6.45) is -2.09. The van der Waals surface area contributed by atoms with Gasteiger partial charge in [-0.05, 0) is 23.8 Å². The first-order chi connectivity index (χ1) is 19.5. The lowest BCUT2D eigenvalue weighted by Crippen LogP contribution is -2.35. The number of ether oxygens (including phenoxy) is 4. The summed E-state index contributed by atoms with van der Waals surface area (Å²) in [5, 5.41) is 29.9. The minimum atomic E-state index is -1.83. The van der Waals surface area contributed by atoms with E-state index in [0.29, 0.717) is 0 Å². The third kappa shape index (κ3) is 3.40. The van der Waals surface area contributed by atoms with Crippen LogP contribution >= 0.6 is 23.2 Å². The molecule has 3 aliphatic rings. The lowest BCUT2D eigenvalue weighted by Gasteiger charge is -2.37. The molecule has 1 saturated heterocycles. The van der Waals surface area contributed by atoms with Gasteiger partial charge < -0.3 is 34.3 Å². The van der Waals surface area contributed by atoms with Crippen LogP contribution in [0.1, 0.15) is 45.0 Å². The third-order valence-corrected chi connectivity index (χ3v) is 8.05. The number of benzene rings is 3. The number of carboxylic acid groups (broad SMARTS) is 1. The summed E-state index contributed by atoms with van der Waals surface area (Å²) in [5.41, 5.74) is -1.12. The van der Waals surface area contributed by atoms with Crippen molar-refractivity contribution >= 4 is 47.1 Å². The first-order valence-corrected chi connectivity index (χ1v) is 12.6. The van der Waals surface area contributed by atoms with Gasteiger partial charge in [0.25, 0.3) is 0 Å². The van der Waals surface area contributed by atoms with Gasteiger partial charge >= 0.3 is 12.1 Å². The van der Waals surface area contributed by atoms with E-state index >= 15 is 0 Å². The molecule has 6 rings (SSSR count). The molecule has 3 N–H and O–H groups in total. The van der Waals surface area contributed by atoms with Crippen molar-refractivity contribution in [2.24, 2.45) is 0 Å². The Labute approximate surface area is 240 Å². The molecular formula is C27H17Cl2NO11. The molecule has 3 aromatic carbocycles. The van der Waals surface area contributed by atoms with E-state index in [2.05, 4.69) is 0 Å². The highest BCUT2D eigenvalue weighted by atomic mass is 35.5. The van der Waals surface area contributed by atoms with Gasteiger partial charge in [-0.2, -0.15) is 4.90 Å². The van der Waals surface area contributed by atoms with Crippen molar-refractivity contribution in [3.05, 3.63) is 68.2 Å². The van der Waals surface area contributed by atoms with Gasteiger partial charge in [0.1, 0.15) is 10.0 Å². The van der Waals surface area contributed by atoms with Gasteiger partial charge in [0.15, 0.2) is 40.1 Å². The maximum atomic E-state index is 13.5. The zero-order valence-corrected chi connectivity index (χ0v) is 22.5. The Hall–Kier alpha value is -4.68. The number of nitrogens with zero attached hydrogens (tertiary/aromatic N) is 1. The van der Waals surface area contributed by atoms with Crippen molar-refractivity contribution in [3.63, 3.8) is 0 Å². The van der Waals surface area contributed by atoms with E-state index in [-0.39, 0.29) is 65.8 Å². The summed E-state index contributed by atoms with van der Waals surface area (Å²) < 4.78 is 22.6. The quantitative estimate of drug-likeness (QED) is 0.285. The Kier molecular flexibility index (Phi) is 5.77. The van der Waals surface area contributed by atoms with Gasteiger partial charge in [-0.25, -0.2) is 9.59 Å². The van der Waals surface area contributed by atoms with Crippen LogP contribution in [0.5, 0.6) is 34.5 Å². The monoisotopic (exact) mass is 601 g/mol. The number of halogens is 2. The second-order valence-corrected chi connectivity index (χ2v) is 10.1. The molecule has 1 unspecified atom stereocenters. The fourth-order valence-corrected chi connectivity index (χ4v) is 5.94. The van der Waals surface area contributed by atoms with E-state index in [4.69, 9.17) is 42.1 Å². The largest absolute Gasteiger partial charge is 0.503 e. The molecule has 0 radical (unpaired) electrons. The molecular weight excluding hydrogens is 585 g/mol. The maximum absolute atomic E-state index is 13.5. The summed E-state index contributed by atoms with van der Waals surface area (Å²) in [5.74, 6) is -5.15. The number of esters is 1. The molecule has 3 aromatic rings. The SMILES string of the molecule is COc1cc2c(c(Cl)c1O)Oc1c(cc(OC)c(O)c1Cl)C21OC(=O)c2cc(C3CC(=O)N(C(=O)O)C3=O)ccc21. The first-order valence-electron chi connectivity index (χ1n) is 11.8. The van der Waals surface area contributed by atoms with E-state index < -0.39 is 53.3 Å². The zero-order chi connectivity index (χ0) is 29.5. The third-order valence-electron chi connectivity index (χ3n) is 7.35. The van der Waals surface area contributed by atoms with Gasteiger partial charge in [-0.15, -0.1) is 0 Å². The van der Waals surface area contributed by atoms with Crippen LogP contribution in [0.2, 0.25) is 10.0 Å². The lowest BCUT2D eigenvalue weighted by molar-refractivity contribution is -0.135. The number of amides is 3. The van der Waals surface area contributed by atoms with Crippen LogP contribution in [0.4, 0.5) is 4.79 Å². The lowest BCUT2D eigenvalue weighted by atomic mass is 9.76. The maximum Gasteiger partial charge on any atom is 0.421 e. The van der Waals surface area contributed by atoms with Gasteiger partial charge in [0.05, 0.1) is 36.8 Å². The second kappa shape index (κ2) is 8.91. The molecule has 0 saturated carbocycles. The molecule has 3 aliphatic heterocycles. The number of methoxy groups -OCH3 is 2. The molecule has 0 aliphatic carbocycles. The van der Waals surface area contributed by atoms with Crippen molar-refractivity contribution < 1.29 is 53.4 Å². The summed E-state index contributed by atoms with van der Waals surface area (Å²) in [6, 6.07) is 7.04. The van der Waals surface area contributed by atoms with E-state index in [9.17, 15) is 34.5 Å². The predicted molar refractivity (Wildman–Crippen MR) is 138 cm³/mol. The molecule has 41 heavy (non-hydrogen) atoms. The standard InChI is InChI=1S/C27H17Cl2NO11/c1-38-15-7-13-22(18(28)20(15)32)40-23-14(8-16(39-2)21(33)19(23)29)27(13)12-4-3-9(5-11(12)25(35)41-27)10-6-17(31)30(24(10)34)26(36)37/h3-5,7-8,10,32-33H,6H2,1-2H3,(H,36,37). The van der Waals surface area contributed by atoms with Gasteiger partial charge in [-0.3, -0.25) is 9.59 Å². The normalized spacial score (nSPS) is 18.0. The molecule has 1 atom stereocenters. The average Bonchev–Trinajstić information content (AvgIpc) is 3.41. The Morgan fingerprint density at radius 1 is 0.951 bits per heavy atom. The number of imide groups is 3. The van der Waals surface area contributed by atoms with Crippen LogP contribution in [-0.4, -0.2) is 58.3 Å². The topological polar surface area (TPSA) is 169 Å². The molecule has 0 bridgehead atoms. The minimum absolute atomic E-state index is 0.0124. The molecule has 0 aromatic heterocycles. The van der Waals surface area contributed by atoms with Gasteiger partial charge in [0, 0.05) is 12.0 Å².